The minimum atomic E-state index is -3.37. The molecule has 1 aromatic carbocycles. The van der Waals surface area contributed by atoms with Crippen molar-refractivity contribution in [3.8, 4) is 10.7 Å². The summed E-state index contributed by atoms with van der Waals surface area (Å²) < 4.78 is 25.9. The van der Waals surface area contributed by atoms with E-state index in [2.05, 4.69) is 10.2 Å². The molecule has 0 spiro atoms. The first-order valence-corrected chi connectivity index (χ1v) is 10.7. The van der Waals surface area contributed by atoms with Crippen molar-refractivity contribution in [2.45, 2.75) is 10.1 Å². The highest BCUT2D eigenvalue weighted by molar-refractivity contribution is 8.00. The van der Waals surface area contributed by atoms with Crippen LogP contribution in [0.5, 0.6) is 0 Å². The highest BCUT2D eigenvalue weighted by Gasteiger charge is 2.17. The number of aromatic nitrogens is 3. The van der Waals surface area contributed by atoms with Gasteiger partial charge in [-0.2, -0.15) is 0 Å². The summed E-state index contributed by atoms with van der Waals surface area (Å²) in [6.45, 7) is 0. The van der Waals surface area contributed by atoms with E-state index in [1.54, 1.807) is 12.1 Å². The van der Waals surface area contributed by atoms with E-state index in [1.807, 2.05) is 17.5 Å². The van der Waals surface area contributed by atoms with Gasteiger partial charge in [-0.15, -0.1) is 21.5 Å². The fourth-order valence-corrected chi connectivity index (χ4v) is 5.29. The van der Waals surface area contributed by atoms with E-state index in [0.717, 1.165) is 4.88 Å². The molecule has 2 N–H and O–H groups in total. The van der Waals surface area contributed by atoms with Gasteiger partial charge < -0.3 is 5.84 Å². The van der Waals surface area contributed by atoms with E-state index in [-0.39, 0.29) is 10.6 Å². The summed E-state index contributed by atoms with van der Waals surface area (Å²) in [5.41, 5.74) is 0. The summed E-state index contributed by atoms with van der Waals surface area (Å²) >= 11 is 8.54. The third kappa shape index (κ3) is 3.75. The quantitative estimate of drug-likeness (QED) is 0.505. The third-order valence-electron chi connectivity index (χ3n) is 3.16. The molecule has 2 heterocycles. The maximum absolute atomic E-state index is 12.3. The van der Waals surface area contributed by atoms with E-state index >= 15 is 0 Å². The van der Waals surface area contributed by atoms with Crippen LogP contribution in [0.1, 0.15) is 0 Å². The van der Waals surface area contributed by atoms with Gasteiger partial charge in [0, 0.05) is 10.8 Å². The van der Waals surface area contributed by atoms with Gasteiger partial charge in [0.1, 0.15) is 0 Å². The van der Waals surface area contributed by atoms with Crippen LogP contribution in [0.4, 0.5) is 0 Å². The Hall–Kier alpha value is -1.55. The summed E-state index contributed by atoms with van der Waals surface area (Å²) in [4.78, 5) is 1.16. The molecule has 0 aliphatic carbocycles. The lowest BCUT2D eigenvalue weighted by Gasteiger charge is -2.05. The molecule has 0 fully saturated rings. The van der Waals surface area contributed by atoms with Crippen molar-refractivity contribution in [3.05, 3.63) is 46.8 Å². The van der Waals surface area contributed by atoms with Gasteiger partial charge in [0.15, 0.2) is 15.7 Å². The van der Waals surface area contributed by atoms with Crippen molar-refractivity contribution in [1.82, 2.24) is 14.9 Å². The molecule has 3 rings (SSSR count). The van der Waals surface area contributed by atoms with Gasteiger partial charge in [-0.1, -0.05) is 29.4 Å². The third-order valence-corrected chi connectivity index (χ3v) is 7.22. The van der Waals surface area contributed by atoms with Crippen LogP contribution < -0.4 is 5.84 Å². The predicted molar refractivity (Wildman–Crippen MR) is 97.7 cm³/mol. The number of nitrogens with two attached hydrogens (primary N) is 1. The highest BCUT2D eigenvalue weighted by atomic mass is 35.5. The number of hydrogen-bond donors (Lipinski definition) is 1. The number of benzene rings is 1. The second-order valence-electron chi connectivity index (χ2n) is 4.77. The zero-order chi connectivity index (χ0) is 17.2. The fourth-order valence-electron chi connectivity index (χ4n) is 1.95. The van der Waals surface area contributed by atoms with Crippen molar-refractivity contribution in [1.29, 1.82) is 0 Å². The maximum Gasteiger partial charge on any atom is 0.210 e. The zero-order valence-electron chi connectivity index (χ0n) is 12.3. The van der Waals surface area contributed by atoms with Crippen molar-refractivity contribution >= 4 is 44.5 Å². The summed E-state index contributed by atoms with van der Waals surface area (Å²) in [7, 11) is -3.37. The van der Waals surface area contributed by atoms with Gasteiger partial charge in [-0.25, -0.2) is 13.1 Å². The number of nitrogen functional groups attached to an aromatic ring is 1. The van der Waals surface area contributed by atoms with Crippen LogP contribution >= 0.6 is 34.7 Å². The number of thiophene rings is 1. The SMILES string of the molecule is Nn1c(SCCS(=O)(=O)c2ccc(Cl)cc2)nnc1-c1cccs1. The summed E-state index contributed by atoms with van der Waals surface area (Å²) in [5, 5.41) is 11.0. The molecule has 0 aliphatic heterocycles. The van der Waals surface area contributed by atoms with Gasteiger partial charge in [0.2, 0.25) is 5.16 Å². The summed E-state index contributed by atoms with van der Waals surface area (Å²) in [6, 6.07) is 9.93. The maximum atomic E-state index is 12.3. The minimum absolute atomic E-state index is 0.0273. The lowest BCUT2D eigenvalue weighted by Crippen LogP contribution is -2.13. The van der Waals surface area contributed by atoms with Gasteiger partial charge in [-0.05, 0) is 35.7 Å². The second kappa shape index (κ2) is 7.14. The Labute approximate surface area is 152 Å². The second-order valence-corrected chi connectivity index (χ2v) is 9.33. The largest absolute Gasteiger partial charge is 0.335 e. The van der Waals surface area contributed by atoms with Crippen LogP contribution in [0, 0.1) is 0 Å². The molecule has 10 heteroatoms. The topological polar surface area (TPSA) is 90.9 Å². The number of rotatable bonds is 6. The Morgan fingerprint density at radius 2 is 1.96 bits per heavy atom. The van der Waals surface area contributed by atoms with E-state index in [4.69, 9.17) is 17.4 Å². The first-order valence-electron chi connectivity index (χ1n) is 6.83. The average molecular weight is 401 g/mol. The Morgan fingerprint density at radius 3 is 2.62 bits per heavy atom. The first kappa shape index (κ1) is 17.3. The molecule has 0 aliphatic rings. The van der Waals surface area contributed by atoms with Crippen molar-refractivity contribution < 1.29 is 8.42 Å². The standard InChI is InChI=1S/C14H13ClN4O2S3/c15-10-3-5-11(6-4-10)24(20,21)9-8-23-14-18-17-13(19(14)16)12-2-1-7-22-12/h1-7H,8-9,16H2. The molecule has 0 atom stereocenters. The molecule has 126 valence electrons. The Bertz CT molecular complexity index is 922. The first-order chi connectivity index (χ1) is 11.5. The summed E-state index contributed by atoms with van der Waals surface area (Å²) in [6.07, 6.45) is 0. The van der Waals surface area contributed by atoms with Crippen LogP contribution in [-0.4, -0.2) is 34.8 Å². The molecule has 0 saturated carbocycles. The van der Waals surface area contributed by atoms with E-state index in [1.165, 1.54) is 39.9 Å². The van der Waals surface area contributed by atoms with Crippen molar-refractivity contribution in [2.24, 2.45) is 0 Å². The molecule has 0 bridgehead atoms. The molecule has 24 heavy (non-hydrogen) atoms. The van der Waals surface area contributed by atoms with Crippen LogP contribution in [0.15, 0.2) is 51.8 Å². The van der Waals surface area contributed by atoms with Crippen LogP contribution in [-0.2, 0) is 9.84 Å². The van der Waals surface area contributed by atoms with Crippen LogP contribution in [0.2, 0.25) is 5.02 Å². The number of halogens is 1. The molecular weight excluding hydrogens is 388 g/mol. The number of thioether (sulfide) groups is 1. The molecule has 3 aromatic rings. The Kier molecular flexibility index (Phi) is 5.14. The zero-order valence-corrected chi connectivity index (χ0v) is 15.5. The van der Waals surface area contributed by atoms with Crippen LogP contribution in [0.3, 0.4) is 0 Å². The minimum Gasteiger partial charge on any atom is -0.335 e. The molecule has 0 unspecified atom stereocenters. The molecule has 6 nitrogen and oxygen atoms in total. The summed E-state index contributed by atoms with van der Waals surface area (Å²) in [5.74, 6) is 6.85. The van der Waals surface area contributed by atoms with E-state index in [9.17, 15) is 8.42 Å². The lowest BCUT2D eigenvalue weighted by atomic mass is 10.4. The predicted octanol–water partition coefficient (Wildman–Crippen LogP) is 2.94. The monoisotopic (exact) mass is 400 g/mol. The molecule has 0 radical (unpaired) electrons. The molecular formula is C14H13ClN4O2S3. The smallest absolute Gasteiger partial charge is 0.210 e. The van der Waals surface area contributed by atoms with Gasteiger partial charge in [0.25, 0.3) is 0 Å². The van der Waals surface area contributed by atoms with E-state index in [0.29, 0.717) is 21.8 Å². The van der Waals surface area contributed by atoms with Crippen molar-refractivity contribution in [3.63, 3.8) is 0 Å². The van der Waals surface area contributed by atoms with E-state index < -0.39 is 9.84 Å². The fraction of sp³-hybridized carbons (Fsp3) is 0.143. The Morgan fingerprint density at radius 1 is 1.21 bits per heavy atom. The molecule has 2 aromatic heterocycles. The van der Waals surface area contributed by atoms with Gasteiger partial charge in [-0.3, -0.25) is 0 Å². The lowest BCUT2D eigenvalue weighted by molar-refractivity contribution is 0.597. The average Bonchev–Trinajstić information content (AvgIpc) is 3.18. The normalized spacial score (nSPS) is 11.7. The van der Waals surface area contributed by atoms with Gasteiger partial charge in [0.05, 0.1) is 15.5 Å². The number of sulfone groups is 1. The molecule has 0 saturated heterocycles. The van der Waals surface area contributed by atoms with Crippen LogP contribution in [0.25, 0.3) is 10.7 Å². The van der Waals surface area contributed by atoms with Crippen molar-refractivity contribution in [2.75, 3.05) is 17.3 Å². The highest BCUT2D eigenvalue weighted by Crippen LogP contribution is 2.25. The number of hydrogen-bond acceptors (Lipinski definition) is 7. The molecule has 0 amide bonds. The number of nitrogens with zero attached hydrogens (tertiary/aromatic N) is 3. The van der Waals surface area contributed by atoms with Gasteiger partial charge >= 0.3 is 0 Å². The Balaban J connectivity index is 1.65.